The number of rotatable bonds is 1. The van der Waals surface area contributed by atoms with Crippen LogP contribution in [-0.4, -0.2) is 54.7 Å². The number of aromatic hydroxyl groups is 1. The zero-order valence-corrected chi connectivity index (χ0v) is 16.1. The lowest BCUT2D eigenvalue weighted by atomic mass is 9.55. The Balaban J connectivity index is 2.05. The number of primary amides is 1. The van der Waals surface area contributed by atoms with Gasteiger partial charge in [-0.3, -0.25) is 14.4 Å². The first kappa shape index (κ1) is 20.5. The number of Topliss-reactive ketones (excluding diaryl/α,β-unsaturated/α-hetero) is 2. The van der Waals surface area contributed by atoms with Crippen LogP contribution in [0.2, 0.25) is 0 Å². The van der Waals surface area contributed by atoms with E-state index in [1.807, 2.05) is 0 Å². The van der Waals surface area contributed by atoms with E-state index in [1.54, 1.807) is 6.92 Å². The van der Waals surface area contributed by atoms with Crippen LogP contribution in [0.1, 0.15) is 30.4 Å². The maximum absolute atomic E-state index is 13.4. The summed E-state index contributed by atoms with van der Waals surface area (Å²) in [6.07, 6.45) is -2.30. The lowest BCUT2D eigenvalue weighted by Crippen LogP contribution is -2.63. The van der Waals surface area contributed by atoms with Crippen molar-refractivity contribution in [3.8, 4) is 5.75 Å². The number of aliphatic hydroxyl groups is 4. The summed E-state index contributed by atoms with van der Waals surface area (Å²) in [6.45, 7) is 1.54. The highest BCUT2D eigenvalue weighted by Gasteiger charge is 2.65. The Labute approximate surface area is 174 Å². The number of nitrogens with two attached hydrogens (primary N) is 1. The number of phenolic OH excluding ortho intramolecular Hbond substituents is 1. The van der Waals surface area contributed by atoms with Gasteiger partial charge in [0, 0.05) is 29.9 Å². The Morgan fingerprint density at radius 3 is 2.48 bits per heavy atom. The highest BCUT2D eigenvalue weighted by atomic mass is 16.4. The summed E-state index contributed by atoms with van der Waals surface area (Å²) in [7, 11) is 0. The first-order valence-corrected chi connectivity index (χ1v) is 9.34. The number of nitrogens with zero attached hydrogens (tertiary/aromatic N) is 2. The van der Waals surface area contributed by atoms with Crippen molar-refractivity contribution in [2.24, 2.45) is 17.6 Å². The summed E-state index contributed by atoms with van der Waals surface area (Å²) in [4.78, 5) is 40.5. The topological polar surface area (TPSA) is 207 Å². The summed E-state index contributed by atoms with van der Waals surface area (Å²) in [6, 6.07) is 2.40. The van der Waals surface area contributed by atoms with E-state index in [2.05, 4.69) is 4.98 Å². The molecule has 1 amide bonds. The van der Waals surface area contributed by atoms with Crippen LogP contribution >= 0.6 is 0 Å². The second-order valence-corrected chi connectivity index (χ2v) is 7.98. The van der Waals surface area contributed by atoms with Gasteiger partial charge >= 0.3 is 5.69 Å². The Kier molecular flexibility index (Phi) is 4.22. The van der Waals surface area contributed by atoms with Crippen LogP contribution in [0.5, 0.6) is 5.75 Å². The number of carbonyl (C=O) groups excluding carboxylic acids is 3. The van der Waals surface area contributed by atoms with Gasteiger partial charge in [-0.15, -0.1) is 0 Å². The first-order valence-electron chi connectivity index (χ1n) is 9.34. The van der Waals surface area contributed by atoms with Gasteiger partial charge in [0.25, 0.3) is 5.91 Å². The van der Waals surface area contributed by atoms with Crippen LogP contribution in [0.25, 0.3) is 10.7 Å². The predicted octanol–water partition coefficient (Wildman–Crippen LogP) is 0.440. The summed E-state index contributed by atoms with van der Waals surface area (Å²) in [5.41, 5.74) is 0.664. The molecule has 3 aliphatic rings. The molecule has 7 N–H and O–H groups in total. The van der Waals surface area contributed by atoms with Gasteiger partial charge in [0.05, 0.1) is 17.2 Å². The summed E-state index contributed by atoms with van der Waals surface area (Å²) >= 11 is 0. The molecule has 5 atom stereocenters. The van der Waals surface area contributed by atoms with Gasteiger partial charge in [0.1, 0.15) is 22.8 Å². The van der Waals surface area contributed by atoms with Crippen molar-refractivity contribution in [3.63, 3.8) is 0 Å². The molecular weight excluding hydrogens is 410 g/mol. The molecule has 31 heavy (non-hydrogen) atoms. The Bertz CT molecular complexity index is 1190. The third-order valence-corrected chi connectivity index (χ3v) is 6.56. The number of ketones is 2. The third kappa shape index (κ3) is 2.34. The van der Waals surface area contributed by atoms with Crippen LogP contribution in [0.4, 0.5) is 5.69 Å². The van der Waals surface area contributed by atoms with Gasteiger partial charge < -0.3 is 31.3 Å². The molecule has 1 saturated carbocycles. The average molecular weight is 428 g/mol. The van der Waals surface area contributed by atoms with Crippen molar-refractivity contribution in [2.75, 3.05) is 0 Å². The molecule has 0 radical (unpaired) electrons. The van der Waals surface area contributed by atoms with Gasteiger partial charge in [0.15, 0.2) is 16.4 Å². The molecular formula is C20H18N3O8+. The highest BCUT2D eigenvalue weighted by Crippen LogP contribution is 2.57. The van der Waals surface area contributed by atoms with Crippen LogP contribution in [0, 0.1) is 17.2 Å². The number of diazo groups is 1. The molecule has 0 aliphatic heterocycles. The fourth-order valence-electron chi connectivity index (χ4n) is 5.14. The number of benzene rings is 1. The fraction of sp³-hybridized carbons (Fsp3) is 0.350. The fourth-order valence-corrected chi connectivity index (χ4v) is 5.14. The molecule has 0 heterocycles. The maximum atomic E-state index is 13.4. The minimum Gasteiger partial charge on any atom is -0.508 e. The van der Waals surface area contributed by atoms with E-state index in [9.17, 15) is 45.3 Å². The normalized spacial score (nSPS) is 32.2. The van der Waals surface area contributed by atoms with E-state index < -0.39 is 81.8 Å². The molecule has 3 aliphatic carbocycles. The van der Waals surface area contributed by atoms with Crippen LogP contribution in [0.3, 0.4) is 0 Å². The minimum absolute atomic E-state index is 0.0233. The molecule has 1 fully saturated rings. The van der Waals surface area contributed by atoms with Crippen molar-refractivity contribution in [2.45, 2.75) is 31.0 Å². The highest BCUT2D eigenvalue weighted by molar-refractivity contribution is 6.23. The molecule has 11 nitrogen and oxygen atoms in total. The van der Waals surface area contributed by atoms with E-state index in [4.69, 9.17) is 5.73 Å². The molecule has 160 valence electrons. The summed E-state index contributed by atoms with van der Waals surface area (Å²) in [5.74, 6) is -9.60. The summed E-state index contributed by atoms with van der Waals surface area (Å²) in [5, 5.41) is 63.2. The van der Waals surface area contributed by atoms with Gasteiger partial charge in [-0.1, -0.05) is 6.92 Å². The zero-order valence-electron chi connectivity index (χ0n) is 16.1. The number of amides is 1. The van der Waals surface area contributed by atoms with Crippen LogP contribution in [0.15, 0.2) is 29.0 Å². The maximum Gasteiger partial charge on any atom is 0.389 e. The molecule has 0 saturated heterocycles. The van der Waals surface area contributed by atoms with E-state index in [0.29, 0.717) is 0 Å². The summed E-state index contributed by atoms with van der Waals surface area (Å²) < 4.78 is 0. The van der Waals surface area contributed by atoms with Crippen molar-refractivity contribution in [1.29, 1.82) is 5.39 Å². The van der Waals surface area contributed by atoms with Crippen molar-refractivity contribution < 1.29 is 39.9 Å². The Morgan fingerprint density at radius 1 is 1.26 bits per heavy atom. The van der Waals surface area contributed by atoms with Crippen molar-refractivity contribution in [3.05, 3.63) is 45.1 Å². The van der Waals surface area contributed by atoms with Gasteiger partial charge in [-0.05, 0) is 12.0 Å². The molecule has 0 aromatic heterocycles. The first-order chi connectivity index (χ1) is 14.5. The molecule has 4 rings (SSSR count). The second kappa shape index (κ2) is 6.37. The molecule has 11 heteroatoms. The zero-order chi connectivity index (χ0) is 23.0. The number of phenols is 1. The van der Waals surface area contributed by atoms with E-state index in [-0.39, 0.29) is 16.8 Å². The molecule has 1 aromatic carbocycles. The second-order valence-electron chi connectivity index (χ2n) is 7.98. The quantitative estimate of drug-likeness (QED) is 0.270. The lowest BCUT2D eigenvalue weighted by Gasteiger charge is -2.50. The number of fused-ring (bicyclic) bond motifs is 3. The van der Waals surface area contributed by atoms with Gasteiger partial charge in [-0.25, -0.2) is 0 Å². The number of hydrogen-bond acceptors (Lipinski definition) is 9. The predicted molar refractivity (Wildman–Crippen MR) is 102 cm³/mol. The van der Waals surface area contributed by atoms with E-state index in [1.165, 1.54) is 6.07 Å². The van der Waals surface area contributed by atoms with Crippen molar-refractivity contribution in [1.82, 2.24) is 0 Å². The molecule has 0 bridgehead atoms. The Hall–Kier alpha value is -3.75. The smallest absolute Gasteiger partial charge is 0.389 e. The average Bonchev–Trinajstić information content (AvgIpc) is 2.70. The molecule has 1 aromatic rings. The van der Waals surface area contributed by atoms with E-state index in [0.717, 1.165) is 6.07 Å². The molecule has 0 unspecified atom stereocenters. The van der Waals surface area contributed by atoms with E-state index >= 15 is 0 Å². The standard InChI is InChI=1S/C20H17N3O8/c1-5-10-7(23-22)2-3-8(24)12(10)16(27)14-11(5)15(26)6-4-9(25)13(19(21)30)17(28)20(6,31)18(14)29/h2-3,5-6,11,15,26,31H,4H2,1H3,(H4-,21,24,25,27,28,29,30)/p+1/t5-,6-,11-,15-,20-/m1/s1. The van der Waals surface area contributed by atoms with Crippen LogP contribution in [-0.2, 0) is 14.4 Å². The lowest BCUT2D eigenvalue weighted by molar-refractivity contribution is -0.160. The monoisotopic (exact) mass is 428 g/mol. The molecule has 0 spiro atoms. The number of hydrogen-bond donors (Lipinski definition) is 6. The minimum atomic E-state index is -2.89. The number of carbonyl (C=O) groups is 3. The largest absolute Gasteiger partial charge is 0.508 e. The Morgan fingerprint density at radius 2 is 1.90 bits per heavy atom. The number of aliphatic hydroxyl groups excluding tert-OH is 3. The van der Waals surface area contributed by atoms with Crippen LogP contribution < -0.4 is 5.73 Å². The van der Waals surface area contributed by atoms with Gasteiger partial charge in [0.2, 0.25) is 11.2 Å². The third-order valence-electron chi connectivity index (χ3n) is 6.56. The SMILES string of the molecule is C[C@@H]1c2c([N+]#N)ccc(O)c2C(O)=C2C(=O)[C@]3(O)C(O)=C(C(N)=O)C(=O)C[C@@H]3[C@@H](O)[C@@H]21. The van der Waals surface area contributed by atoms with Gasteiger partial charge in [-0.2, -0.15) is 0 Å². The van der Waals surface area contributed by atoms with Crippen molar-refractivity contribution >= 4 is 28.9 Å².